The van der Waals surface area contributed by atoms with Crippen LogP contribution >= 0.6 is 22.6 Å². The number of hydrogen-bond acceptors (Lipinski definition) is 7. The van der Waals surface area contributed by atoms with Gasteiger partial charge in [-0.15, -0.1) is 0 Å². The summed E-state index contributed by atoms with van der Waals surface area (Å²) in [6, 6.07) is 5.47. The summed E-state index contributed by atoms with van der Waals surface area (Å²) in [5.74, 6) is 1.31. The molecule has 0 aliphatic rings. The van der Waals surface area contributed by atoms with Gasteiger partial charge in [-0.25, -0.2) is 4.98 Å². The van der Waals surface area contributed by atoms with Gasteiger partial charge in [0.15, 0.2) is 17.0 Å². The molecule has 150 valence electrons. The lowest BCUT2D eigenvalue weighted by molar-refractivity contribution is 0.0748. The Morgan fingerprint density at radius 3 is 2.71 bits per heavy atom. The summed E-state index contributed by atoms with van der Waals surface area (Å²) >= 11 is 2.22. The number of hydrogen-bond donors (Lipinski definition) is 4. The number of halogens is 1. The average molecular weight is 496 g/mol. The number of anilines is 2. The summed E-state index contributed by atoms with van der Waals surface area (Å²) in [6.07, 6.45) is 2.31. The minimum atomic E-state index is -0.759. The Balaban J connectivity index is 1.86. The standard InChI is InChI=1S/C19H25IN6O2/c1-4-26-11-23-15-16(22-10-12-9-13(20)5-6-14(12)27)24-18(25-17(15)26)21-8-7-19(2,3)28/h5-6,9,11,27-28H,4,7-8,10H2,1-3H3,(H2,21,22,24,25). The first-order valence-electron chi connectivity index (χ1n) is 9.17. The number of aromatic nitrogens is 4. The number of rotatable bonds is 8. The van der Waals surface area contributed by atoms with Crippen molar-refractivity contribution in [1.29, 1.82) is 0 Å². The van der Waals surface area contributed by atoms with Crippen molar-refractivity contribution in [2.45, 2.75) is 45.9 Å². The van der Waals surface area contributed by atoms with Gasteiger partial charge < -0.3 is 25.4 Å². The van der Waals surface area contributed by atoms with Gasteiger partial charge >= 0.3 is 0 Å². The Morgan fingerprint density at radius 1 is 1.21 bits per heavy atom. The van der Waals surface area contributed by atoms with Crippen LogP contribution in [-0.4, -0.2) is 41.9 Å². The summed E-state index contributed by atoms with van der Waals surface area (Å²) in [5, 5.41) is 26.4. The van der Waals surface area contributed by atoms with Crippen LogP contribution in [0.25, 0.3) is 11.2 Å². The number of nitrogens with one attached hydrogen (secondary N) is 2. The van der Waals surface area contributed by atoms with Gasteiger partial charge in [0.2, 0.25) is 5.95 Å². The van der Waals surface area contributed by atoms with Crippen molar-refractivity contribution in [3.63, 3.8) is 0 Å². The second-order valence-electron chi connectivity index (χ2n) is 7.21. The van der Waals surface area contributed by atoms with Crippen LogP contribution in [-0.2, 0) is 13.1 Å². The molecule has 2 heterocycles. The first-order valence-corrected chi connectivity index (χ1v) is 10.2. The van der Waals surface area contributed by atoms with Gasteiger partial charge in [0.05, 0.1) is 11.9 Å². The first kappa shape index (κ1) is 20.6. The molecule has 0 bridgehead atoms. The van der Waals surface area contributed by atoms with E-state index in [4.69, 9.17) is 0 Å². The van der Waals surface area contributed by atoms with Gasteiger partial charge in [-0.05, 0) is 68.0 Å². The third-order valence-electron chi connectivity index (χ3n) is 4.31. The Kier molecular flexibility index (Phi) is 6.23. The third kappa shape index (κ3) is 5.02. The third-order valence-corrected chi connectivity index (χ3v) is 4.98. The van der Waals surface area contributed by atoms with E-state index in [2.05, 4.69) is 48.2 Å². The molecule has 2 aromatic heterocycles. The largest absolute Gasteiger partial charge is 0.508 e. The molecule has 1 aromatic carbocycles. The van der Waals surface area contributed by atoms with E-state index in [1.165, 1.54) is 0 Å². The van der Waals surface area contributed by atoms with Gasteiger partial charge in [-0.3, -0.25) is 0 Å². The minimum absolute atomic E-state index is 0.237. The molecule has 0 atom stereocenters. The Morgan fingerprint density at radius 2 is 2.00 bits per heavy atom. The Bertz CT molecular complexity index is 967. The van der Waals surface area contributed by atoms with Crippen molar-refractivity contribution in [1.82, 2.24) is 19.5 Å². The van der Waals surface area contributed by atoms with Crippen molar-refractivity contribution < 1.29 is 10.2 Å². The lowest BCUT2D eigenvalue weighted by atomic mass is 10.1. The first-order chi connectivity index (χ1) is 13.3. The summed E-state index contributed by atoms with van der Waals surface area (Å²) in [5.41, 5.74) is 1.44. The molecular weight excluding hydrogens is 471 g/mol. The topological polar surface area (TPSA) is 108 Å². The van der Waals surface area contributed by atoms with Crippen LogP contribution in [0, 0.1) is 3.57 Å². The lowest BCUT2D eigenvalue weighted by Crippen LogP contribution is -2.23. The zero-order valence-corrected chi connectivity index (χ0v) is 18.4. The van der Waals surface area contributed by atoms with E-state index < -0.39 is 5.60 Å². The highest BCUT2D eigenvalue weighted by atomic mass is 127. The van der Waals surface area contributed by atoms with E-state index in [1.54, 1.807) is 26.2 Å². The predicted octanol–water partition coefficient (Wildman–Crippen LogP) is 3.34. The van der Waals surface area contributed by atoms with Crippen LogP contribution in [0.5, 0.6) is 5.75 Å². The zero-order valence-electron chi connectivity index (χ0n) is 16.2. The molecule has 0 amide bonds. The molecule has 3 aromatic rings. The van der Waals surface area contributed by atoms with E-state index >= 15 is 0 Å². The average Bonchev–Trinajstić information content (AvgIpc) is 3.04. The second-order valence-corrected chi connectivity index (χ2v) is 8.46. The van der Waals surface area contributed by atoms with Gasteiger partial charge in [-0.2, -0.15) is 9.97 Å². The van der Waals surface area contributed by atoms with Gasteiger partial charge in [-0.1, -0.05) is 0 Å². The molecule has 9 heteroatoms. The maximum atomic E-state index is 10.1. The normalized spacial score (nSPS) is 11.8. The fourth-order valence-electron chi connectivity index (χ4n) is 2.73. The van der Waals surface area contributed by atoms with Crippen LogP contribution < -0.4 is 10.6 Å². The van der Waals surface area contributed by atoms with Crippen LogP contribution in [0.3, 0.4) is 0 Å². The van der Waals surface area contributed by atoms with Crippen LogP contribution in [0.15, 0.2) is 24.5 Å². The summed E-state index contributed by atoms with van der Waals surface area (Å²) < 4.78 is 3.00. The Hall–Kier alpha value is -2.14. The van der Waals surface area contributed by atoms with Crippen LogP contribution in [0.2, 0.25) is 0 Å². The molecular formula is C19H25IN6O2. The molecule has 0 radical (unpaired) electrons. The van der Waals surface area contributed by atoms with Gasteiger partial charge in [0, 0.05) is 28.8 Å². The highest BCUT2D eigenvalue weighted by Crippen LogP contribution is 2.24. The van der Waals surface area contributed by atoms with E-state index in [0.717, 1.165) is 21.3 Å². The van der Waals surface area contributed by atoms with Crippen molar-refractivity contribution in [3.8, 4) is 5.75 Å². The van der Waals surface area contributed by atoms with Crippen molar-refractivity contribution in [2.24, 2.45) is 0 Å². The molecule has 8 nitrogen and oxygen atoms in total. The molecule has 4 N–H and O–H groups in total. The lowest BCUT2D eigenvalue weighted by Gasteiger charge is -2.17. The maximum Gasteiger partial charge on any atom is 0.226 e. The quantitative estimate of drug-likeness (QED) is 0.355. The molecule has 3 rings (SSSR count). The smallest absolute Gasteiger partial charge is 0.226 e. The van der Waals surface area contributed by atoms with Crippen LogP contribution in [0.4, 0.5) is 11.8 Å². The summed E-state index contributed by atoms with van der Waals surface area (Å²) in [6.45, 7) is 7.27. The summed E-state index contributed by atoms with van der Waals surface area (Å²) in [7, 11) is 0. The number of aromatic hydroxyl groups is 1. The molecule has 28 heavy (non-hydrogen) atoms. The predicted molar refractivity (Wildman–Crippen MR) is 119 cm³/mol. The Labute approximate surface area is 177 Å². The highest BCUT2D eigenvalue weighted by Gasteiger charge is 2.15. The van der Waals surface area contributed by atoms with Gasteiger partial charge in [0.25, 0.3) is 0 Å². The number of nitrogens with zero attached hydrogens (tertiary/aromatic N) is 4. The molecule has 0 saturated heterocycles. The van der Waals surface area contributed by atoms with E-state index in [9.17, 15) is 10.2 Å². The number of phenolic OH excluding ortho intramolecular Hbond substituents is 1. The summed E-state index contributed by atoms with van der Waals surface area (Å²) in [4.78, 5) is 13.6. The molecule has 0 unspecified atom stereocenters. The number of phenols is 1. The number of imidazole rings is 1. The number of aliphatic hydroxyl groups is 1. The second kappa shape index (κ2) is 8.48. The molecule has 0 fully saturated rings. The molecule has 0 aliphatic heterocycles. The number of benzene rings is 1. The van der Waals surface area contributed by atoms with Crippen molar-refractivity contribution in [3.05, 3.63) is 33.7 Å². The highest BCUT2D eigenvalue weighted by molar-refractivity contribution is 14.1. The maximum absolute atomic E-state index is 10.1. The fraction of sp³-hybridized carbons (Fsp3) is 0.421. The van der Waals surface area contributed by atoms with Gasteiger partial charge in [0.1, 0.15) is 5.75 Å². The monoisotopic (exact) mass is 496 g/mol. The number of fused-ring (bicyclic) bond motifs is 1. The fourth-order valence-corrected chi connectivity index (χ4v) is 3.29. The van der Waals surface area contributed by atoms with Crippen molar-refractivity contribution >= 4 is 45.5 Å². The molecule has 0 saturated carbocycles. The zero-order chi connectivity index (χ0) is 20.3. The number of aryl methyl sites for hydroxylation is 1. The molecule has 0 aliphatic carbocycles. The van der Waals surface area contributed by atoms with E-state index in [1.807, 2.05) is 23.6 Å². The van der Waals surface area contributed by atoms with E-state index in [0.29, 0.717) is 36.8 Å². The molecule has 0 spiro atoms. The van der Waals surface area contributed by atoms with Crippen LogP contribution in [0.1, 0.15) is 32.8 Å². The van der Waals surface area contributed by atoms with E-state index in [-0.39, 0.29) is 5.75 Å². The SMILES string of the molecule is CCn1cnc2c(NCc3cc(I)ccc3O)nc(NCCC(C)(C)O)nc21. The minimum Gasteiger partial charge on any atom is -0.508 e. The van der Waals surface area contributed by atoms with Crippen molar-refractivity contribution in [2.75, 3.05) is 17.2 Å².